The first kappa shape index (κ1) is 15.8. The van der Waals surface area contributed by atoms with E-state index < -0.39 is 0 Å². The quantitative estimate of drug-likeness (QED) is 0.737. The first-order valence-electron chi connectivity index (χ1n) is 8.82. The number of rotatable bonds is 4. The van der Waals surface area contributed by atoms with Gasteiger partial charge in [0.05, 0.1) is 30.7 Å². The Bertz CT molecular complexity index is 896. The Kier molecular flexibility index (Phi) is 4.22. The molecule has 25 heavy (non-hydrogen) atoms. The lowest BCUT2D eigenvalue weighted by atomic mass is 10.1. The number of amides is 1. The van der Waals surface area contributed by atoms with Crippen molar-refractivity contribution in [3.8, 4) is 0 Å². The van der Waals surface area contributed by atoms with Gasteiger partial charge in [-0.05, 0) is 37.0 Å². The van der Waals surface area contributed by atoms with E-state index in [1.54, 1.807) is 6.20 Å². The molecule has 1 saturated heterocycles. The number of carbonyl (C=O) groups is 1. The van der Waals surface area contributed by atoms with Crippen molar-refractivity contribution in [2.45, 2.75) is 38.8 Å². The van der Waals surface area contributed by atoms with Gasteiger partial charge in [-0.1, -0.05) is 24.3 Å². The number of fused-ring (bicyclic) bond motifs is 1. The van der Waals surface area contributed by atoms with Crippen LogP contribution in [0.2, 0.25) is 0 Å². The number of nitrogens with zero attached hydrogens (tertiary/aromatic N) is 4. The molecule has 0 saturated carbocycles. The van der Waals surface area contributed by atoms with E-state index in [0.717, 1.165) is 48.0 Å². The summed E-state index contributed by atoms with van der Waals surface area (Å²) in [4.78, 5) is 19.4. The zero-order valence-corrected chi connectivity index (χ0v) is 14.4. The highest BCUT2D eigenvalue weighted by Gasteiger charge is 2.29. The predicted molar refractivity (Wildman–Crippen MR) is 97.1 cm³/mol. The lowest BCUT2D eigenvalue weighted by Gasteiger charge is -2.25. The van der Waals surface area contributed by atoms with Crippen molar-refractivity contribution in [3.05, 3.63) is 60.0 Å². The summed E-state index contributed by atoms with van der Waals surface area (Å²) in [6.45, 7) is 3.64. The predicted octanol–water partition coefficient (Wildman–Crippen LogP) is 2.97. The van der Waals surface area contributed by atoms with Crippen molar-refractivity contribution < 1.29 is 4.79 Å². The minimum atomic E-state index is 0.185. The van der Waals surface area contributed by atoms with Gasteiger partial charge in [0.15, 0.2) is 0 Å². The second-order valence-corrected chi connectivity index (χ2v) is 6.79. The lowest BCUT2D eigenvalue weighted by Crippen LogP contribution is -2.39. The van der Waals surface area contributed by atoms with Gasteiger partial charge in [0.1, 0.15) is 0 Å². The third-order valence-electron chi connectivity index (χ3n) is 4.92. The summed E-state index contributed by atoms with van der Waals surface area (Å²) < 4.78 is 1.95. The molecular weight excluding hydrogens is 312 g/mol. The molecule has 0 radical (unpaired) electrons. The van der Waals surface area contributed by atoms with Crippen LogP contribution in [-0.4, -0.2) is 38.2 Å². The van der Waals surface area contributed by atoms with E-state index in [0.29, 0.717) is 6.42 Å². The Labute approximate surface area is 147 Å². The topological polar surface area (TPSA) is 51.0 Å². The number of para-hydroxylation sites is 1. The summed E-state index contributed by atoms with van der Waals surface area (Å²) in [5.41, 5.74) is 3.08. The molecule has 5 heteroatoms. The van der Waals surface area contributed by atoms with Crippen LogP contribution in [-0.2, 0) is 17.8 Å². The lowest BCUT2D eigenvalue weighted by molar-refractivity contribution is -0.131. The second kappa shape index (κ2) is 6.67. The molecule has 1 atom stereocenters. The Morgan fingerprint density at radius 2 is 2.16 bits per heavy atom. The van der Waals surface area contributed by atoms with E-state index in [1.165, 1.54) is 0 Å². The molecule has 128 valence electrons. The van der Waals surface area contributed by atoms with Gasteiger partial charge >= 0.3 is 0 Å². The molecule has 0 aliphatic carbocycles. The number of pyridine rings is 1. The third kappa shape index (κ3) is 3.27. The summed E-state index contributed by atoms with van der Waals surface area (Å²) >= 11 is 0. The fourth-order valence-corrected chi connectivity index (χ4v) is 3.71. The molecular formula is C20H22N4O. The summed E-state index contributed by atoms with van der Waals surface area (Å²) in [7, 11) is 0. The third-order valence-corrected chi connectivity index (χ3v) is 4.92. The van der Waals surface area contributed by atoms with Gasteiger partial charge in [0.2, 0.25) is 5.91 Å². The fraction of sp³-hybridized carbons (Fsp3) is 0.350. The normalized spacial score (nSPS) is 17.3. The average molecular weight is 334 g/mol. The number of aromatic nitrogens is 3. The van der Waals surface area contributed by atoms with Crippen LogP contribution in [0.1, 0.15) is 24.0 Å². The summed E-state index contributed by atoms with van der Waals surface area (Å²) in [5, 5.41) is 5.45. The van der Waals surface area contributed by atoms with Crippen molar-refractivity contribution in [1.82, 2.24) is 19.7 Å². The van der Waals surface area contributed by atoms with Crippen molar-refractivity contribution in [1.29, 1.82) is 0 Å². The van der Waals surface area contributed by atoms with Gasteiger partial charge in [-0.15, -0.1) is 0 Å². The highest BCUT2D eigenvalue weighted by Crippen LogP contribution is 2.22. The van der Waals surface area contributed by atoms with E-state index in [4.69, 9.17) is 0 Å². The molecule has 2 aromatic heterocycles. The van der Waals surface area contributed by atoms with Crippen LogP contribution in [0.3, 0.4) is 0 Å². The monoisotopic (exact) mass is 334 g/mol. The molecule has 5 nitrogen and oxygen atoms in total. The minimum Gasteiger partial charge on any atom is -0.338 e. The molecule has 4 rings (SSSR count). The molecule has 3 aromatic rings. The molecule has 1 amide bonds. The van der Waals surface area contributed by atoms with E-state index in [1.807, 2.05) is 59.2 Å². The largest absolute Gasteiger partial charge is 0.338 e. The van der Waals surface area contributed by atoms with Crippen LogP contribution in [0.15, 0.2) is 48.9 Å². The standard InChI is InChI=1S/C20H22N4O/c1-15-12-22-23(13-15)14-18-8-4-10-24(18)19(25)11-17-6-2-5-16-7-3-9-21-20(16)17/h2-3,5-7,9,12-13,18H,4,8,10-11,14H2,1H3/t18-/m1/s1. The Morgan fingerprint density at radius 1 is 1.28 bits per heavy atom. The maximum atomic E-state index is 12.9. The molecule has 0 N–H and O–H groups in total. The first-order valence-corrected chi connectivity index (χ1v) is 8.82. The second-order valence-electron chi connectivity index (χ2n) is 6.79. The molecule has 0 spiro atoms. The first-order chi connectivity index (χ1) is 12.2. The van der Waals surface area contributed by atoms with Crippen LogP contribution in [0, 0.1) is 6.92 Å². The van der Waals surface area contributed by atoms with Crippen molar-refractivity contribution in [2.24, 2.45) is 0 Å². The maximum Gasteiger partial charge on any atom is 0.227 e. The van der Waals surface area contributed by atoms with Gasteiger partial charge in [-0.25, -0.2) is 0 Å². The Morgan fingerprint density at radius 3 is 3.00 bits per heavy atom. The summed E-state index contributed by atoms with van der Waals surface area (Å²) in [6.07, 6.45) is 8.19. The van der Waals surface area contributed by atoms with Gasteiger partial charge < -0.3 is 4.90 Å². The number of carbonyl (C=O) groups excluding carboxylic acids is 1. The van der Waals surface area contributed by atoms with Crippen LogP contribution in [0.4, 0.5) is 0 Å². The number of aryl methyl sites for hydroxylation is 1. The van der Waals surface area contributed by atoms with Crippen LogP contribution in [0.5, 0.6) is 0 Å². The van der Waals surface area contributed by atoms with E-state index in [-0.39, 0.29) is 11.9 Å². The zero-order chi connectivity index (χ0) is 17.2. The minimum absolute atomic E-state index is 0.185. The molecule has 3 heterocycles. The van der Waals surface area contributed by atoms with Crippen LogP contribution >= 0.6 is 0 Å². The van der Waals surface area contributed by atoms with Gasteiger partial charge in [-0.3, -0.25) is 14.5 Å². The van der Waals surface area contributed by atoms with Crippen LogP contribution in [0.25, 0.3) is 10.9 Å². The van der Waals surface area contributed by atoms with Crippen molar-refractivity contribution >= 4 is 16.8 Å². The van der Waals surface area contributed by atoms with Crippen molar-refractivity contribution in [3.63, 3.8) is 0 Å². The molecule has 0 bridgehead atoms. The highest BCUT2D eigenvalue weighted by molar-refractivity contribution is 5.87. The Balaban J connectivity index is 1.51. The van der Waals surface area contributed by atoms with Gasteiger partial charge in [-0.2, -0.15) is 5.10 Å². The molecule has 0 unspecified atom stereocenters. The van der Waals surface area contributed by atoms with E-state index in [2.05, 4.69) is 10.1 Å². The molecule has 1 fully saturated rings. The number of hydrogen-bond acceptors (Lipinski definition) is 3. The average Bonchev–Trinajstić information content (AvgIpc) is 3.24. The maximum absolute atomic E-state index is 12.9. The molecule has 1 aliphatic heterocycles. The Hall–Kier alpha value is -2.69. The highest BCUT2D eigenvalue weighted by atomic mass is 16.2. The smallest absolute Gasteiger partial charge is 0.227 e. The number of likely N-dealkylation sites (tertiary alicyclic amines) is 1. The van der Waals surface area contributed by atoms with E-state index in [9.17, 15) is 4.79 Å². The number of hydrogen-bond donors (Lipinski definition) is 0. The number of benzene rings is 1. The summed E-state index contributed by atoms with van der Waals surface area (Å²) in [6, 6.07) is 10.2. The zero-order valence-electron chi connectivity index (χ0n) is 14.4. The summed E-state index contributed by atoms with van der Waals surface area (Å²) in [5.74, 6) is 0.185. The van der Waals surface area contributed by atoms with E-state index >= 15 is 0 Å². The van der Waals surface area contributed by atoms with Crippen LogP contribution < -0.4 is 0 Å². The van der Waals surface area contributed by atoms with Gasteiger partial charge in [0, 0.05) is 24.3 Å². The van der Waals surface area contributed by atoms with Gasteiger partial charge in [0.25, 0.3) is 0 Å². The molecule has 1 aliphatic rings. The SMILES string of the molecule is Cc1cnn(C[C@H]2CCCN2C(=O)Cc2cccc3cccnc23)c1. The molecule has 1 aromatic carbocycles. The fourth-order valence-electron chi connectivity index (χ4n) is 3.71. The van der Waals surface area contributed by atoms with Crippen molar-refractivity contribution in [2.75, 3.05) is 6.54 Å².